The number of rotatable bonds is 6. The lowest BCUT2D eigenvalue weighted by molar-refractivity contribution is -0.145. The zero-order chi connectivity index (χ0) is 21.1. The molecule has 7 heteroatoms. The third kappa shape index (κ3) is 3.96. The van der Waals surface area contributed by atoms with Gasteiger partial charge in [-0.15, -0.1) is 0 Å². The zero-order valence-corrected chi connectivity index (χ0v) is 16.4. The second-order valence-corrected chi connectivity index (χ2v) is 6.90. The van der Waals surface area contributed by atoms with Gasteiger partial charge in [0.2, 0.25) is 0 Å². The Labute approximate surface area is 171 Å². The Balaban J connectivity index is 1.40. The number of carbonyl (C=O) groups is 1. The summed E-state index contributed by atoms with van der Waals surface area (Å²) in [6, 6.07) is 18.1. The van der Waals surface area contributed by atoms with E-state index < -0.39 is 5.97 Å². The molecule has 0 fully saturated rings. The van der Waals surface area contributed by atoms with E-state index in [1.807, 2.05) is 36.4 Å². The van der Waals surface area contributed by atoms with Gasteiger partial charge in [-0.2, -0.15) is 0 Å². The number of hydrogen-bond acceptors (Lipinski definition) is 5. The van der Waals surface area contributed by atoms with E-state index in [1.54, 1.807) is 31.4 Å². The van der Waals surface area contributed by atoms with Crippen molar-refractivity contribution in [2.75, 3.05) is 7.11 Å². The average Bonchev–Trinajstić information content (AvgIpc) is 2.78. The van der Waals surface area contributed by atoms with Crippen LogP contribution in [0.2, 0.25) is 0 Å². The number of aromatic amines is 1. The van der Waals surface area contributed by atoms with Gasteiger partial charge in [0.25, 0.3) is 11.1 Å². The highest BCUT2D eigenvalue weighted by Crippen LogP contribution is 2.22. The quantitative estimate of drug-likeness (QED) is 0.499. The first kappa shape index (κ1) is 19.4. The average molecular weight is 404 g/mol. The van der Waals surface area contributed by atoms with Crippen LogP contribution in [0.1, 0.15) is 12.0 Å². The van der Waals surface area contributed by atoms with Crippen LogP contribution in [0.25, 0.3) is 21.5 Å². The number of fused-ring (bicyclic) bond motifs is 2. The van der Waals surface area contributed by atoms with E-state index in [4.69, 9.17) is 9.47 Å². The summed E-state index contributed by atoms with van der Waals surface area (Å²) < 4.78 is 11.7. The van der Waals surface area contributed by atoms with Gasteiger partial charge < -0.3 is 9.47 Å². The first-order valence-corrected chi connectivity index (χ1v) is 9.49. The normalized spacial score (nSPS) is 11.0. The minimum Gasteiger partial charge on any atom is -0.497 e. The molecule has 0 aliphatic heterocycles. The fourth-order valence-corrected chi connectivity index (χ4v) is 3.33. The summed E-state index contributed by atoms with van der Waals surface area (Å²) in [7, 11) is 1.62. The number of ether oxygens (including phenoxy) is 2. The van der Waals surface area contributed by atoms with Crippen LogP contribution in [-0.4, -0.2) is 22.9 Å². The highest BCUT2D eigenvalue weighted by atomic mass is 16.5. The minimum absolute atomic E-state index is 0.0288. The first-order valence-electron chi connectivity index (χ1n) is 9.49. The van der Waals surface area contributed by atoms with E-state index in [-0.39, 0.29) is 30.7 Å². The number of nitrogens with one attached hydrogen (secondary N) is 1. The third-order valence-electron chi connectivity index (χ3n) is 4.93. The molecule has 0 aliphatic carbocycles. The molecule has 152 valence electrons. The van der Waals surface area contributed by atoms with E-state index in [9.17, 15) is 14.4 Å². The molecule has 0 saturated heterocycles. The van der Waals surface area contributed by atoms with Crippen molar-refractivity contribution in [1.29, 1.82) is 0 Å². The molecular weight excluding hydrogens is 384 g/mol. The van der Waals surface area contributed by atoms with Crippen LogP contribution in [-0.2, 0) is 22.7 Å². The number of methoxy groups -OCH3 is 1. The van der Waals surface area contributed by atoms with Crippen molar-refractivity contribution in [1.82, 2.24) is 9.78 Å². The second-order valence-electron chi connectivity index (χ2n) is 6.90. The molecule has 1 N–H and O–H groups in total. The van der Waals surface area contributed by atoms with E-state index in [0.29, 0.717) is 10.8 Å². The number of aryl methyl sites for hydroxylation is 1. The summed E-state index contributed by atoms with van der Waals surface area (Å²) >= 11 is 0. The lowest BCUT2D eigenvalue weighted by atomic mass is 10.1. The van der Waals surface area contributed by atoms with Crippen LogP contribution < -0.4 is 15.9 Å². The van der Waals surface area contributed by atoms with Gasteiger partial charge in [0.1, 0.15) is 12.4 Å². The lowest BCUT2D eigenvalue weighted by Gasteiger charge is -2.09. The minimum atomic E-state index is -0.453. The largest absolute Gasteiger partial charge is 0.497 e. The molecule has 4 rings (SSSR count). The summed E-state index contributed by atoms with van der Waals surface area (Å²) in [6.45, 7) is 0.166. The van der Waals surface area contributed by atoms with Crippen molar-refractivity contribution < 1.29 is 14.3 Å². The summed E-state index contributed by atoms with van der Waals surface area (Å²) in [5.74, 6) is 0.328. The standard InChI is InChI=1S/C23H20N2O5/c1-29-18-9-8-16-12-15(6-7-17(16)13-18)14-30-21(26)10-11-25-23(28)20-5-3-2-4-19(20)22(27)24-25/h2-9,12-13H,10-11,14H2,1H3,(H,24,27). The number of benzene rings is 3. The van der Waals surface area contributed by atoms with Gasteiger partial charge in [-0.1, -0.05) is 30.3 Å². The van der Waals surface area contributed by atoms with E-state index in [1.165, 1.54) is 0 Å². The van der Waals surface area contributed by atoms with Crippen LogP contribution in [0, 0.1) is 0 Å². The van der Waals surface area contributed by atoms with E-state index in [0.717, 1.165) is 26.8 Å². The van der Waals surface area contributed by atoms with Gasteiger partial charge in [-0.05, 0) is 46.7 Å². The molecule has 1 heterocycles. The number of aromatic nitrogens is 2. The summed E-state index contributed by atoms with van der Waals surface area (Å²) in [6.07, 6.45) is -0.0288. The Kier molecular flexibility index (Phi) is 5.34. The molecule has 7 nitrogen and oxygen atoms in total. The zero-order valence-electron chi connectivity index (χ0n) is 16.4. The van der Waals surface area contributed by atoms with Gasteiger partial charge in [-0.25, -0.2) is 4.68 Å². The monoisotopic (exact) mass is 404 g/mol. The van der Waals surface area contributed by atoms with Crippen LogP contribution in [0.4, 0.5) is 0 Å². The Morgan fingerprint density at radius 2 is 1.70 bits per heavy atom. The van der Waals surface area contributed by atoms with Crippen molar-refractivity contribution in [2.45, 2.75) is 19.6 Å². The van der Waals surface area contributed by atoms with Crippen molar-refractivity contribution in [2.24, 2.45) is 0 Å². The number of nitrogens with zero attached hydrogens (tertiary/aromatic N) is 1. The fraction of sp³-hybridized carbons (Fsp3) is 0.174. The molecule has 0 aliphatic rings. The molecule has 3 aromatic carbocycles. The molecular formula is C23H20N2O5. The van der Waals surface area contributed by atoms with Crippen molar-refractivity contribution in [3.05, 3.63) is 86.9 Å². The van der Waals surface area contributed by atoms with E-state index in [2.05, 4.69) is 5.10 Å². The van der Waals surface area contributed by atoms with Gasteiger partial charge in [-0.3, -0.25) is 19.5 Å². The Morgan fingerprint density at radius 1 is 0.967 bits per heavy atom. The molecule has 0 amide bonds. The SMILES string of the molecule is COc1ccc2cc(COC(=O)CCn3[nH]c(=O)c4ccccc4c3=O)ccc2c1. The Morgan fingerprint density at radius 3 is 2.50 bits per heavy atom. The molecule has 0 spiro atoms. The maximum Gasteiger partial charge on any atom is 0.308 e. The molecule has 0 bridgehead atoms. The fourth-order valence-electron chi connectivity index (χ4n) is 3.33. The number of esters is 1. The molecule has 4 aromatic rings. The van der Waals surface area contributed by atoms with Gasteiger partial charge in [0.15, 0.2) is 0 Å². The predicted octanol–water partition coefficient (Wildman–Crippen LogP) is 2.99. The number of carbonyl (C=O) groups excluding carboxylic acids is 1. The number of H-pyrrole nitrogens is 1. The smallest absolute Gasteiger partial charge is 0.308 e. The third-order valence-corrected chi connectivity index (χ3v) is 4.93. The molecule has 30 heavy (non-hydrogen) atoms. The molecule has 0 atom stereocenters. The Bertz CT molecular complexity index is 1350. The number of hydrogen-bond donors (Lipinski definition) is 1. The van der Waals surface area contributed by atoms with E-state index >= 15 is 0 Å². The molecule has 0 radical (unpaired) electrons. The van der Waals surface area contributed by atoms with Crippen molar-refractivity contribution in [3.63, 3.8) is 0 Å². The van der Waals surface area contributed by atoms with Crippen molar-refractivity contribution >= 4 is 27.5 Å². The van der Waals surface area contributed by atoms with Crippen LogP contribution in [0.5, 0.6) is 5.75 Å². The van der Waals surface area contributed by atoms with Crippen molar-refractivity contribution in [3.8, 4) is 5.75 Å². The predicted molar refractivity (Wildman–Crippen MR) is 114 cm³/mol. The highest BCUT2D eigenvalue weighted by molar-refractivity contribution is 5.84. The summed E-state index contributed by atoms with van der Waals surface area (Å²) in [5, 5.41) is 5.21. The summed E-state index contributed by atoms with van der Waals surface area (Å²) in [5.41, 5.74) is 0.145. The van der Waals surface area contributed by atoms with Crippen LogP contribution in [0.15, 0.2) is 70.3 Å². The maximum atomic E-state index is 12.5. The topological polar surface area (TPSA) is 90.4 Å². The van der Waals surface area contributed by atoms with Gasteiger partial charge in [0, 0.05) is 0 Å². The molecule has 0 unspecified atom stereocenters. The van der Waals surface area contributed by atoms with Crippen LogP contribution in [0.3, 0.4) is 0 Å². The molecule has 0 saturated carbocycles. The highest BCUT2D eigenvalue weighted by Gasteiger charge is 2.10. The Hall–Kier alpha value is -3.87. The first-order chi connectivity index (χ1) is 14.5. The summed E-state index contributed by atoms with van der Waals surface area (Å²) in [4.78, 5) is 36.7. The lowest BCUT2D eigenvalue weighted by Crippen LogP contribution is -2.30. The second kappa shape index (κ2) is 8.24. The maximum absolute atomic E-state index is 12.5. The molecule has 1 aromatic heterocycles. The van der Waals surface area contributed by atoms with Crippen LogP contribution >= 0.6 is 0 Å². The van der Waals surface area contributed by atoms with Gasteiger partial charge >= 0.3 is 5.97 Å². The van der Waals surface area contributed by atoms with Gasteiger partial charge in [0.05, 0.1) is 30.8 Å².